The van der Waals surface area contributed by atoms with E-state index in [4.69, 9.17) is 4.98 Å². The first-order chi connectivity index (χ1) is 27.8. The van der Waals surface area contributed by atoms with Gasteiger partial charge in [0.25, 0.3) is 0 Å². The van der Waals surface area contributed by atoms with Crippen molar-refractivity contribution in [2.45, 2.75) is 0 Å². The van der Waals surface area contributed by atoms with Gasteiger partial charge in [-0.15, -0.1) is 0 Å². The average molecular weight is 716 g/mol. The molecule has 0 aliphatic heterocycles. The zero-order valence-corrected chi connectivity index (χ0v) is 30.3. The summed E-state index contributed by atoms with van der Waals surface area (Å²) in [6.07, 6.45) is 1.61. The number of benzene rings is 8. The highest BCUT2D eigenvalue weighted by Gasteiger charge is 2.17. The van der Waals surface area contributed by atoms with E-state index in [1.54, 1.807) is 6.33 Å². The van der Waals surface area contributed by atoms with Gasteiger partial charge in [0, 0.05) is 44.0 Å². The molecule has 0 saturated heterocycles. The first-order valence-electron chi connectivity index (χ1n) is 18.8. The zero-order valence-electron chi connectivity index (χ0n) is 30.3. The van der Waals surface area contributed by atoms with Crippen molar-refractivity contribution in [1.82, 2.24) is 24.1 Å². The van der Waals surface area contributed by atoms with E-state index in [0.29, 0.717) is 11.6 Å². The zero-order chi connectivity index (χ0) is 37.0. The maximum Gasteiger partial charge on any atom is 0.163 e. The number of rotatable bonds is 6. The lowest BCUT2D eigenvalue weighted by molar-refractivity contribution is 1.06. The molecule has 8 aromatic carbocycles. The third kappa shape index (κ3) is 5.29. The molecule has 0 atom stereocenters. The second kappa shape index (κ2) is 13.0. The number of hydrogen-bond donors (Lipinski definition) is 0. The Kier molecular flexibility index (Phi) is 7.42. The second-order valence-electron chi connectivity index (χ2n) is 14.1. The Bertz CT molecular complexity index is 3250. The van der Waals surface area contributed by atoms with Gasteiger partial charge in [0.2, 0.25) is 0 Å². The Balaban J connectivity index is 1.01. The van der Waals surface area contributed by atoms with Gasteiger partial charge in [0.15, 0.2) is 11.6 Å². The highest BCUT2D eigenvalue weighted by Crippen LogP contribution is 2.38. The van der Waals surface area contributed by atoms with Crippen molar-refractivity contribution in [2.75, 3.05) is 0 Å². The molecule has 262 valence electrons. The van der Waals surface area contributed by atoms with E-state index in [1.165, 1.54) is 43.7 Å². The third-order valence-corrected chi connectivity index (χ3v) is 10.9. The molecule has 0 amide bonds. The Morgan fingerprint density at radius 2 is 0.786 bits per heavy atom. The van der Waals surface area contributed by atoms with E-state index in [1.807, 2.05) is 6.07 Å². The van der Waals surface area contributed by atoms with E-state index >= 15 is 0 Å². The van der Waals surface area contributed by atoms with Gasteiger partial charge in [0.1, 0.15) is 6.33 Å². The Labute approximate surface area is 323 Å². The fourth-order valence-electron chi connectivity index (χ4n) is 8.26. The summed E-state index contributed by atoms with van der Waals surface area (Å²) >= 11 is 0. The lowest BCUT2D eigenvalue weighted by Gasteiger charge is -2.11. The molecule has 0 aliphatic carbocycles. The van der Waals surface area contributed by atoms with Crippen LogP contribution in [-0.4, -0.2) is 24.1 Å². The smallest absolute Gasteiger partial charge is 0.163 e. The predicted octanol–water partition coefficient (Wildman–Crippen LogP) is 12.7. The fraction of sp³-hybridized carbons (Fsp3) is 0. The van der Waals surface area contributed by atoms with Crippen LogP contribution >= 0.6 is 0 Å². The molecule has 3 heterocycles. The number of aromatic nitrogens is 5. The van der Waals surface area contributed by atoms with Crippen LogP contribution in [0.25, 0.3) is 100 Å². The van der Waals surface area contributed by atoms with Crippen LogP contribution in [0.2, 0.25) is 0 Å². The van der Waals surface area contributed by atoms with Gasteiger partial charge < -0.3 is 9.13 Å². The summed E-state index contributed by atoms with van der Waals surface area (Å²) in [5.41, 5.74) is 13.4. The van der Waals surface area contributed by atoms with Crippen molar-refractivity contribution in [3.8, 4) is 56.4 Å². The molecule has 0 unspecified atom stereocenters. The molecule has 0 saturated carbocycles. The number of hydrogen-bond acceptors (Lipinski definition) is 3. The molecule has 5 heteroatoms. The van der Waals surface area contributed by atoms with E-state index in [9.17, 15) is 0 Å². The van der Waals surface area contributed by atoms with Gasteiger partial charge in [-0.25, -0.2) is 15.0 Å². The number of nitrogens with zero attached hydrogens (tertiary/aromatic N) is 5. The summed E-state index contributed by atoms with van der Waals surface area (Å²) in [4.78, 5) is 14.2. The summed E-state index contributed by atoms with van der Waals surface area (Å²) in [5, 5.41) is 4.91. The number of para-hydroxylation sites is 3. The van der Waals surface area contributed by atoms with Gasteiger partial charge in [-0.1, -0.05) is 133 Å². The van der Waals surface area contributed by atoms with Crippen LogP contribution < -0.4 is 0 Å². The molecule has 0 fully saturated rings. The second-order valence-corrected chi connectivity index (χ2v) is 14.1. The molecule has 0 radical (unpaired) electrons. The first kappa shape index (κ1) is 31.9. The molecule has 11 rings (SSSR count). The lowest BCUT2D eigenvalue weighted by Crippen LogP contribution is -1.98. The normalized spacial score (nSPS) is 11.6. The van der Waals surface area contributed by atoms with Crippen LogP contribution in [0.4, 0.5) is 0 Å². The van der Waals surface area contributed by atoms with Crippen LogP contribution in [0.1, 0.15) is 0 Å². The van der Waals surface area contributed by atoms with Crippen LogP contribution in [0, 0.1) is 0 Å². The largest absolute Gasteiger partial charge is 0.309 e. The van der Waals surface area contributed by atoms with Crippen molar-refractivity contribution < 1.29 is 0 Å². The number of fused-ring (bicyclic) bond motifs is 6. The standard InChI is InChI=1S/C51H33N5/c1-3-13-34(14-4-1)35-15-11-16-38(29-35)50-52-33-53-51(54-50)39-17-12-20-41(30-39)56-47-24-10-8-22-43(47)45-31-36(26-28-48(45)56)37-25-27-44-42-21-7-9-23-46(42)55(49(44)32-37)40-18-5-2-6-19-40/h1-33H. The third-order valence-electron chi connectivity index (χ3n) is 10.9. The molecule has 5 nitrogen and oxygen atoms in total. The van der Waals surface area contributed by atoms with Crippen molar-refractivity contribution in [1.29, 1.82) is 0 Å². The highest BCUT2D eigenvalue weighted by molar-refractivity contribution is 6.12. The minimum absolute atomic E-state index is 0.633. The molecule has 0 bridgehead atoms. The van der Waals surface area contributed by atoms with E-state index < -0.39 is 0 Å². The van der Waals surface area contributed by atoms with Crippen LogP contribution in [0.3, 0.4) is 0 Å². The van der Waals surface area contributed by atoms with E-state index in [-0.39, 0.29) is 0 Å². The van der Waals surface area contributed by atoms with Crippen LogP contribution in [-0.2, 0) is 0 Å². The molecule has 0 spiro atoms. The lowest BCUT2D eigenvalue weighted by atomic mass is 10.0. The maximum absolute atomic E-state index is 4.97. The van der Waals surface area contributed by atoms with Crippen LogP contribution in [0.15, 0.2) is 200 Å². The summed E-state index contributed by atoms with van der Waals surface area (Å²) in [7, 11) is 0. The van der Waals surface area contributed by atoms with Crippen molar-refractivity contribution in [3.63, 3.8) is 0 Å². The van der Waals surface area contributed by atoms with Gasteiger partial charge in [0.05, 0.1) is 22.1 Å². The average Bonchev–Trinajstić information content (AvgIpc) is 3.79. The summed E-state index contributed by atoms with van der Waals surface area (Å²) in [6, 6.07) is 68.9. The van der Waals surface area contributed by atoms with E-state index in [2.05, 4.69) is 207 Å². The van der Waals surface area contributed by atoms with Crippen LogP contribution in [0.5, 0.6) is 0 Å². The first-order valence-corrected chi connectivity index (χ1v) is 18.8. The van der Waals surface area contributed by atoms with Crippen molar-refractivity contribution in [2.24, 2.45) is 0 Å². The van der Waals surface area contributed by atoms with Crippen molar-refractivity contribution in [3.05, 3.63) is 200 Å². The SMILES string of the molecule is c1ccc(-c2cccc(-c3ncnc(-c4cccc(-n5c6ccccc6c6cc(-c7ccc8c9ccccc9n(-c9ccccc9)c8c7)ccc65)c4)n3)c2)cc1. The Hall–Kier alpha value is -7.63. The minimum atomic E-state index is 0.633. The van der Waals surface area contributed by atoms with Gasteiger partial charge >= 0.3 is 0 Å². The summed E-state index contributed by atoms with van der Waals surface area (Å²) in [5.74, 6) is 1.28. The Morgan fingerprint density at radius 1 is 0.286 bits per heavy atom. The Morgan fingerprint density at radius 3 is 1.55 bits per heavy atom. The molecular weight excluding hydrogens is 683 g/mol. The highest BCUT2D eigenvalue weighted by atomic mass is 15.0. The molecule has 0 aliphatic rings. The van der Waals surface area contributed by atoms with E-state index in [0.717, 1.165) is 44.7 Å². The van der Waals surface area contributed by atoms with Crippen molar-refractivity contribution >= 4 is 43.6 Å². The summed E-state index contributed by atoms with van der Waals surface area (Å²) < 4.78 is 4.72. The summed E-state index contributed by atoms with van der Waals surface area (Å²) in [6.45, 7) is 0. The maximum atomic E-state index is 4.97. The molecule has 0 N–H and O–H groups in total. The van der Waals surface area contributed by atoms with Gasteiger partial charge in [-0.3, -0.25) is 0 Å². The predicted molar refractivity (Wildman–Crippen MR) is 230 cm³/mol. The van der Waals surface area contributed by atoms with Gasteiger partial charge in [-0.05, 0) is 82.9 Å². The quantitative estimate of drug-likeness (QED) is 0.172. The minimum Gasteiger partial charge on any atom is -0.309 e. The monoisotopic (exact) mass is 715 g/mol. The molecule has 11 aromatic rings. The molecule has 56 heavy (non-hydrogen) atoms. The molecular formula is C51H33N5. The molecule has 3 aromatic heterocycles. The fourth-order valence-corrected chi connectivity index (χ4v) is 8.26. The van der Waals surface area contributed by atoms with Gasteiger partial charge in [-0.2, -0.15) is 0 Å². The topological polar surface area (TPSA) is 48.5 Å².